The van der Waals surface area contributed by atoms with Crippen LogP contribution in [-0.2, 0) is 0 Å². The molecule has 1 aromatic carbocycles. The third kappa shape index (κ3) is 3.65. The minimum absolute atomic E-state index is 0.0756. The lowest BCUT2D eigenvalue weighted by atomic mass is 10.1. The predicted octanol–water partition coefficient (Wildman–Crippen LogP) is 4.21. The molecule has 3 rings (SSSR count). The molecule has 1 aliphatic rings. The van der Waals surface area contributed by atoms with Crippen LogP contribution in [0, 0.1) is 0 Å². The Labute approximate surface area is 138 Å². The van der Waals surface area contributed by atoms with E-state index in [1.165, 1.54) is 6.42 Å². The Bertz CT molecular complexity index is 651. The number of benzene rings is 1. The number of nitrogens with one attached hydrogen (secondary N) is 1. The van der Waals surface area contributed by atoms with Gasteiger partial charge in [-0.25, -0.2) is 0 Å². The van der Waals surface area contributed by atoms with Gasteiger partial charge >= 0.3 is 0 Å². The zero-order valence-corrected chi connectivity index (χ0v) is 13.8. The van der Waals surface area contributed by atoms with Crippen molar-refractivity contribution in [1.29, 1.82) is 0 Å². The van der Waals surface area contributed by atoms with Gasteiger partial charge in [-0.3, -0.25) is 9.78 Å². The van der Waals surface area contributed by atoms with Crippen molar-refractivity contribution in [3.63, 3.8) is 0 Å². The van der Waals surface area contributed by atoms with Crippen LogP contribution in [-0.4, -0.2) is 28.9 Å². The molecule has 0 radical (unpaired) electrons. The molecule has 5 heteroatoms. The van der Waals surface area contributed by atoms with Gasteiger partial charge in [0, 0.05) is 29.4 Å². The number of aromatic nitrogens is 1. The molecule has 114 valence electrons. The van der Waals surface area contributed by atoms with E-state index in [0.29, 0.717) is 5.56 Å². The molecule has 2 aromatic rings. The van der Waals surface area contributed by atoms with Gasteiger partial charge in [0.25, 0.3) is 5.91 Å². The largest absolute Gasteiger partial charge is 0.354 e. The monoisotopic (exact) mass is 359 g/mol. The summed E-state index contributed by atoms with van der Waals surface area (Å²) in [7, 11) is 0. The van der Waals surface area contributed by atoms with Crippen molar-refractivity contribution in [2.45, 2.75) is 19.3 Å². The third-order valence-corrected chi connectivity index (χ3v) is 4.29. The standard InChI is InChI=1S/C17H18BrN3O/c18-14-4-6-15(7-5-14)20-16-10-13(11-19-12-16)17(22)21-8-2-1-3-9-21/h4-7,10-12,20H,1-3,8-9H2. The summed E-state index contributed by atoms with van der Waals surface area (Å²) >= 11 is 3.42. The number of likely N-dealkylation sites (tertiary alicyclic amines) is 1. The summed E-state index contributed by atoms with van der Waals surface area (Å²) in [6.07, 6.45) is 6.78. The van der Waals surface area contributed by atoms with Crippen LogP contribution in [0.1, 0.15) is 29.6 Å². The maximum absolute atomic E-state index is 12.5. The van der Waals surface area contributed by atoms with Gasteiger partial charge in [-0.2, -0.15) is 0 Å². The van der Waals surface area contributed by atoms with Crippen LogP contribution in [0.5, 0.6) is 0 Å². The van der Waals surface area contributed by atoms with E-state index in [1.54, 1.807) is 12.4 Å². The Morgan fingerprint density at radius 1 is 1.05 bits per heavy atom. The molecule has 1 N–H and O–H groups in total. The molecular weight excluding hydrogens is 342 g/mol. The molecule has 0 atom stereocenters. The minimum atomic E-state index is 0.0756. The number of piperidine rings is 1. The lowest BCUT2D eigenvalue weighted by Gasteiger charge is -2.26. The Kier molecular flexibility index (Phi) is 4.73. The number of hydrogen-bond donors (Lipinski definition) is 1. The third-order valence-electron chi connectivity index (χ3n) is 3.76. The van der Waals surface area contributed by atoms with E-state index in [4.69, 9.17) is 0 Å². The van der Waals surface area contributed by atoms with Crippen LogP contribution in [0.4, 0.5) is 11.4 Å². The van der Waals surface area contributed by atoms with Crippen LogP contribution < -0.4 is 5.32 Å². The van der Waals surface area contributed by atoms with Gasteiger partial charge in [0.2, 0.25) is 0 Å². The molecule has 0 unspecified atom stereocenters. The average molecular weight is 360 g/mol. The van der Waals surface area contributed by atoms with Crippen molar-refractivity contribution in [1.82, 2.24) is 9.88 Å². The van der Waals surface area contributed by atoms with E-state index in [0.717, 1.165) is 41.8 Å². The summed E-state index contributed by atoms with van der Waals surface area (Å²) in [6.45, 7) is 1.70. The summed E-state index contributed by atoms with van der Waals surface area (Å²) in [5.41, 5.74) is 2.43. The maximum atomic E-state index is 12.5. The normalized spacial score (nSPS) is 14.7. The van der Waals surface area contributed by atoms with Gasteiger partial charge < -0.3 is 10.2 Å². The maximum Gasteiger partial charge on any atom is 0.255 e. The SMILES string of the molecule is O=C(c1cncc(Nc2ccc(Br)cc2)c1)N1CCCCC1. The topological polar surface area (TPSA) is 45.2 Å². The van der Waals surface area contributed by atoms with Crippen LogP contribution in [0.15, 0.2) is 47.2 Å². The molecule has 1 amide bonds. The molecule has 0 bridgehead atoms. The number of carbonyl (C=O) groups excluding carboxylic acids is 1. The predicted molar refractivity (Wildman–Crippen MR) is 91.4 cm³/mol. The van der Waals surface area contributed by atoms with Crippen LogP contribution in [0.2, 0.25) is 0 Å². The number of amides is 1. The summed E-state index contributed by atoms with van der Waals surface area (Å²) in [4.78, 5) is 18.6. The van der Waals surface area contributed by atoms with E-state index in [9.17, 15) is 4.79 Å². The highest BCUT2D eigenvalue weighted by atomic mass is 79.9. The molecule has 0 saturated carbocycles. The van der Waals surface area contributed by atoms with E-state index in [-0.39, 0.29) is 5.91 Å². The molecule has 1 fully saturated rings. The van der Waals surface area contributed by atoms with Gasteiger partial charge in [0.05, 0.1) is 17.4 Å². The molecule has 2 heterocycles. The van der Waals surface area contributed by atoms with Gasteiger partial charge in [-0.1, -0.05) is 15.9 Å². The quantitative estimate of drug-likeness (QED) is 0.892. The molecular formula is C17H18BrN3O. The van der Waals surface area contributed by atoms with Crippen LogP contribution in [0.25, 0.3) is 0 Å². The number of anilines is 2. The summed E-state index contributed by atoms with van der Waals surface area (Å²) in [5.74, 6) is 0.0756. The second-order valence-electron chi connectivity index (χ2n) is 5.45. The molecule has 0 spiro atoms. The number of nitrogens with zero attached hydrogens (tertiary/aromatic N) is 2. The number of carbonyl (C=O) groups is 1. The second-order valence-corrected chi connectivity index (χ2v) is 6.36. The molecule has 22 heavy (non-hydrogen) atoms. The first-order chi connectivity index (χ1) is 10.7. The van der Waals surface area contributed by atoms with Crippen LogP contribution >= 0.6 is 15.9 Å². The van der Waals surface area contributed by atoms with Crippen molar-refractivity contribution in [3.8, 4) is 0 Å². The fourth-order valence-electron chi connectivity index (χ4n) is 2.60. The fourth-order valence-corrected chi connectivity index (χ4v) is 2.87. The molecule has 4 nitrogen and oxygen atoms in total. The smallest absolute Gasteiger partial charge is 0.255 e. The first-order valence-electron chi connectivity index (χ1n) is 7.49. The lowest BCUT2D eigenvalue weighted by Crippen LogP contribution is -2.35. The van der Waals surface area contributed by atoms with E-state index < -0.39 is 0 Å². The van der Waals surface area contributed by atoms with E-state index in [1.807, 2.05) is 35.2 Å². The Morgan fingerprint density at radius 2 is 1.77 bits per heavy atom. The molecule has 0 aliphatic carbocycles. The van der Waals surface area contributed by atoms with Gasteiger partial charge in [0.15, 0.2) is 0 Å². The highest BCUT2D eigenvalue weighted by Crippen LogP contribution is 2.20. The van der Waals surface area contributed by atoms with Gasteiger partial charge in [-0.15, -0.1) is 0 Å². The Hall–Kier alpha value is -1.88. The Balaban J connectivity index is 1.74. The van der Waals surface area contributed by atoms with Crippen molar-refractivity contribution in [3.05, 3.63) is 52.8 Å². The lowest BCUT2D eigenvalue weighted by molar-refractivity contribution is 0.0724. The summed E-state index contributed by atoms with van der Waals surface area (Å²) in [6, 6.07) is 9.76. The molecule has 1 aromatic heterocycles. The first-order valence-corrected chi connectivity index (χ1v) is 8.28. The summed E-state index contributed by atoms with van der Waals surface area (Å²) in [5, 5.41) is 3.28. The van der Waals surface area contributed by atoms with Gasteiger partial charge in [-0.05, 0) is 49.6 Å². The first kappa shape index (κ1) is 15.0. The van der Waals surface area contributed by atoms with Crippen molar-refractivity contribution < 1.29 is 4.79 Å². The van der Waals surface area contributed by atoms with Crippen molar-refractivity contribution in [2.75, 3.05) is 18.4 Å². The van der Waals surface area contributed by atoms with Crippen molar-refractivity contribution in [2.24, 2.45) is 0 Å². The molecule has 1 saturated heterocycles. The highest BCUT2D eigenvalue weighted by molar-refractivity contribution is 9.10. The number of hydrogen-bond acceptors (Lipinski definition) is 3. The van der Waals surface area contributed by atoms with E-state index >= 15 is 0 Å². The fraction of sp³-hybridized carbons (Fsp3) is 0.294. The molecule has 1 aliphatic heterocycles. The van der Waals surface area contributed by atoms with Crippen molar-refractivity contribution >= 4 is 33.2 Å². The van der Waals surface area contributed by atoms with Crippen LogP contribution in [0.3, 0.4) is 0 Å². The second kappa shape index (κ2) is 6.92. The minimum Gasteiger partial charge on any atom is -0.354 e. The van der Waals surface area contributed by atoms with E-state index in [2.05, 4.69) is 26.2 Å². The number of rotatable bonds is 3. The summed E-state index contributed by atoms with van der Waals surface area (Å²) < 4.78 is 1.03. The average Bonchev–Trinajstić information content (AvgIpc) is 2.57. The Morgan fingerprint density at radius 3 is 2.50 bits per heavy atom. The highest BCUT2D eigenvalue weighted by Gasteiger charge is 2.18. The van der Waals surface area contributed by atoms with Gasteiger partial charge in [0.1, 0.15) is 0 Å². The zero-order chi connectivity index (χ0) is 15.4. The number of halogens is 1. The zero-order valence-electron chi connectivity index (χ0n) is 12.3. The number of pyridine rings is 1.